The summed E-state index contributed by atoms with van der Waals surface area (Å²) in [6.45, 7) is 9.46. The molecule has 0 radical (unpaired) electrons. The molecule has 0 unspecified atom stereocenters. The first-order chi connectivity index (χ1) is 25.3. The van der Waals surface area contributed by atoms with Crippen LogP contribution in [-0.2, 0) is 10.8 Å². The van der Waals surface area contributed by atoms with Crippen molar-refractivity contribution < 1.29 is 0 Å². The van der Waals surface area contributed by atoms with Gasteiger partial charge in [-0.15, -0.1) is 0 Å². The fourth-order valence-corrected chi connectivity index (χ4v) is 8.51. The van der Waals surface area contributed by atoms with E-state index in [2.05, 4.69) is 161 Å². The Bertz CT molecular complexity index is 2900. The monoisotopic (exact) mass is 667 g/mol. The summed E-state index contributed by atoms with van der Waals surface area (Å²) < 4.78 is 0. The van der Waals surface area contributed by atoms with Gasteiger partial charge in [0.05, 0.1) is 0 Å². The number of aromatic nitrogens is 3. The highest BCUT2D eigenvalue weighted by molar-refractivity contribution is 6.24. The SMILES string of the molecule is CC1(C)c2ccccc2-c2ccc(-c3nc(-c4ccccc4)nc(-c4ccc5c(ccc6ccc7c8ccccc8ccc7c65)c4)n3)cc2C1(C)C. The van der Waals surface area contributed by atoms with E-state index >= 15 is 0 Å². The lowest BCUT2D eigenvalue weighted by Crippen LogP contribution is -2.43. The first kappa shape index (κ1) is 30.6. The highest BCUT2D eigenvalue weighted by Crippen LogP contribution is 2.54. The molecule has 3 nitrogen and oxygen atoms in total. The van der Waals surface area contributed by atoms with E-state index < -0.39 is 0 Å². The molecule has 0 spiro atoms. The predicted molar refractivity (Wildman–Crippen MR) is 218 cm³/mol. The summed E-state index contributed by atoms with van der Waals surface area (Å²) in [5.41, 5.74) is 8.02. The zero-order valence-electron chi connectivity index (χ0n) is 29.8. The maximum absolute atomic E-state index is 5.21. The minimum atomic E-state index is -0.123. The number of rotatable bonds is 3. The molecule has 9 aromatic rings. The molecule has 3 heteroatoms. The number of hydrogen-bond donors (Lipinski definition) is 0. The van der Waals surface area contributed by atoms with E-state index in [1.54, 1.807) is 0 Å². The molecule has 8 aromatic carbocycles. The molecule has 10 rings (SSSR count). The first-order valence-electron chi connectivity index (χ1n) is 18.1. The Morgan fingerprint density at radius 2 is 0.904 bits per heavy atom. The van der Waals surface area contributed by atoms with Crippen molar-refractivity contribution in [3.8, 4) is 45.3 Å². The number of hydrogen-bond acceptors (Lipinski definition) is 3. The van der Waals surface area contributed by atoms with Crippen LogP contribution < -0.4 is 0 Å². The largest absolute Gasteiger partial charge is 0.208 e. The molecule has 1 heterocycles. The van der Waals surface area contributed by atoms with Crippen LogP contribution in [0.5, 0.6) is 0 Å². The highest BCUT2D eigenvalue weighted by atomic mass is 15.0. The summed E-state index contributed by atoms with van der Waals surface area (Å²) in [4.78, 5) is 15.4. The van der Waals surface area contributed by atoms with Crippen molar-refractivity contribution in [3.05, 3.63) is 163 Å². The lowest BCUT2D eigenvalue weighted by molar-refractivity contribution is 0.299. The number of benzene rings is 8. The Hall–Kier alpha value is -6.19. The van der Waals surface area contributed by atoms with Crippen molar-refractivity contribution in [2.24, 2.45) is 0 Å². The van der Waals surface area contributed by atoms with Gasteiger partial charge in [-0.1, -0.05) is 167 Å². The molecule has 0 atom stereocenters. The van der Waals surface area contributed by atoms with Gasteiger partial charge in [0.1, 0.15) is 0 Å². The second kappa shape index (κ2) is 11.2. The van der Waals surface area contributed by atoms with E-state index in [9.17, 15) is 0 Å². The van der Waals surface area contributed by atoms with Gasteiger partial charge in [0.25, 0.3) is 0 Å². The average Bonchev–Trinajstić information content (AvgIpc) is 3.19. The third-order valence-electron chi connectivity index (χ3n) is 12.1. The van der Waals surface area contributed by atoms with Crippen LogP contribution in [0.1, 0.15) is 38.8 Å². The van der Waals surface area contributed by atoms with E-state index in [1.807, 2.05) is 18.2 Å². The van der Waals surface area contributed by atoms with Crippen LogP contribution in [0.3, 0.4) is 0 Å². The number of nitrogens with zero attached hydrogens (tertiary/aromatic N) is 3. The van der Waals surface area contributed by atoms with Crippen LogP contribution >= 0.6 is 0 Å². The summed E-state index contributed by atoms with van der Waals surface area (Å²) in [5, 5.41) is 9.96. The third kappa shape index (κ3) is 4.48. The van der Waals surface area contributed by atoms with E-state index in [0.29, 0.717) is 17.5 Å². The Kier molecular flexibility index (Phi) is 6.57. The molecule has 248 valence electrons. The van der Waals surface area contributed by atoms with Crippen molar-refractivity contribution in [3.63, 3.8) is 0 Å². The van der Waals surface area contributed by atoms with Crippen molar-refractivity contribution >= 4 is 43.1 Å². The summed E-state index contributed by atoms with van der Waals surface area (Å²) in [5.74, 6) is 2.01. The van der Waals surface area contributed by atoms with Gasteiger partial charge in [-0.3, -0.25) is 0 Å². The van der Waals surface area contributed by atoms with Crippen molar-refractivity contribution in [1.82, 2.24) is 15.0 Å². The Morgan fingerprint density at radius 1 is 0.346 bits per heavy atom. The topological polar surface area (TPSA) is 38.7 Å². The molecule has 1 aliphatic rings. The van der Waals surface area contributed by atoms with Gasteiger partial charge >= 0.3 is 0 Å². The van der Waals surface area contributed by atoms with Gasteiger partial charge in [0, 0.05) is 16.7 Å². The molecule has 0 bridgehead atoms. The molecule has 0 fully saturated rings. The van der Waals surface area contributed by atoms with Crippen molar-refractivity contribution in [2.75, 3.05) is 0 Å². The van der Waals surface area contributed by atoms with Crippen LogP contribution in [0, 0.1) is 0 Å². The van der Waals surface area contributed by atoms with E-state index in [0.717, 1.165) is 22.1 Å². The maximum atomic E-state index is 5.21. The lowest BCUT2D eigenvalue weighted by Gasteiger charge is -2.48. The van der Waals surface area contributed by atoms with Gasteiger partial charge < -0.3 is 0 Å². The Balaban J connectivity index is 1.16. The maximum Gasteiger partial charge on any atom is 0.164 e. The minimum Gasteiger partial charge on any atom is -0.208 e. The summed E-state index contributed by atoms with van der Waals surface area (Å²) >= 11 is 0. The summed E-state index contributed by atoms with van der Waals surface area (Å²) in [6.07, 6.45) is 0. The van der Waals surface area contributed by atoms with Crippen molar-refractivity contribution in [1.29, 1.82) is 0 Å². The molecule has 0 amide bonds. The lowest BCUT2D eigenvalue weighted by atomic mass is 9.55. The molecular weight excluding hydrogens is 631 g/mol. The zero-order chi connectivity index (χ0) is 35.2. The predicted octanol–water partition coefficient (Wildman–Crippen LogP) is 12.7. The van der Waals surface area contributed by atoms with Crippen LogP contribution in [0.25, 0.3) is 88.4 Å². The van der Waals surface area contributed by atoms with Gasteiger partial charge in [0.2, 0.25) is 0 Å². The Labute approximate surface area is 303 Å². The Morgan fingerprint density at radius 3 is 1.73 bits per heavy atom. The molecule has 52 heavy (non-hydrogen) atoms. The summed E-state index contributed by atoms with van der Waals surface area (Å²) in [6, 6.07) is 54.6. The average molecular weight is 668 g/mol. The van der Waals surface area contributed by atoms with E-state index in [1.165, 1.54) is 60.0 Å². The third-order valence-corrected chi connectivity index (χ3v) is 12.1. The molecule has 0 saturated carbocycles. The van der Waals surface area contributed by atoms with Gasteiger partial charge in [0.15, 0.2) is 17.5 Å². The fraction of sp³-hybridized carbons (Fsp3) is 0.122. The molecule has 0 saturated heterocycles. The smallest absolute Gasteiger partial charge is 0.164 e. The molecular formula is C49H37N3. The normalized spacial score (nSPS) is 14.5. The highest BCUT2D eigenvalue weighted by Gasteiger charge is 2.45. The van der Waals surface area contributed by atoms with E-state index in [-0.39, 0.29) is 10.8 Å². The molecule has 0 aliphatic heterocycles. The standard InChI is InChI=1S/C49H37N3/c1-48(2)42-17-11-10-16-39(42)40-26-23-35(29-43(40)49(48,3)4)47-51-45(32-13-6-5-7-14-32)50-46(52-47)34-22-24-37-33(28-34)19-18-31-21-25-38-36-15-9-8-12-30(36)20-27-41(38)44(31)37/h5-29H,1-4H3. The van der Waals surface area contributed by atoms with Crippen LogP contribution in [0.15, 0.2) is 152 Å². The van der Waals surface area contributed by atoms with Gasteiger partial charge in [-0.05, 0) is 88.3 Å². The summed E-state index contributed by atoms with van der Waals surface area (Å²) in [7, 11) is 0. The van der Waals surface area contributed by atoms with Crippen molar-refractivity contribution in [2.45, 2.75) is 38.5 Å². The van der Waals surface area contributed by atoms with Crippen LogP contribution in [0.2, 0.25) is 0 Å². The quantitative estimate of drug-likeness (QED) is 0.176. The van der Waals surface area contributed by atoms with Crippen LogP contribution in [0.4, 0.5) is 0 Å². The fourth-order valence-electron chi connectivity index (χ4n) is 8.51. The minimum absolute atomic E-state index is 0.0671. The van der Waals surface area contributed by atoms with Crippen LogP contribution in [-0.4, -0.2) is 15.0 Å². The van der Waals surface area contributed by atoms with Gasteiger partial charge in [-0.25, -0.2) is 15.0 Å². The molecule has 0 N–H and O–H groups in total. The second-order valence-corrected chi connectivity index (χ2v) is 15.3. The zero-order valence-corrected chi connectivity index (χ0v) is 29.8. The number of fused-ring (bicyclic) bond motifs is 10. The first-order valence-corrected chi connectivity index (χ1v) is 18.1. The molecule has 1 aliphatic carbocycles. The molecule has 1 aromatic heterocycles. The van der Waals surface area contributed by atoms with Gasteiger partial charge in [-0.2, -0.15) is 0 Å². The van der Waals surface area contributed by atoms with E-state index in [4.69, 9.17) is 15.0 Å². The second-order valence-electron chi connectivity index (χ2n) is 15.3.